The molecule has 1 heterocycles. The highest BCUT2D eigenvalue weighted by Gasteiger charge is 2.02. The van der Waals surface area contributed by atoms with E-state index in [0.29, 0.717) is 13.0 Å². The van der Waals surface area contributed by atoms with Gasteiger partial charge >= 0.3 is 0 Å². The SMILES string of the molecule is CNCCC(=O)Nc1ccc(-n2cnnn2)cc1. The molecule has 0 aliphatic heterocycles. The number of hydrogen-bond acceptors (Lipinski definition) is 5. The summed E-state index contributed by atoms with van der Waals surface area (Å²) in [5.74, 6) is -0.0143. The smallest absolute Gasteiger partial charge is 0.225 e. The van der Waals surface area contributed by atoms with Crippen LogP contribution >= 0.6 is 0 Å². The van der Waals surface area contributed by atoms with Gasteiger partial charge < -0.3 is 10.6 Å². The molecule has 0 bridgehead atoms. The Morgan fingerprint density at radius 1 is 1.33 bits per heavy atom. The van der Waals surface area contributed by atoms with Crippen LogP contribution in [0.3, 0.4) is 0 Å². The van der Waals surface area contributed by atoms with Gasteiger partial charge in [0.05, 0.1) is 5.69 Å². The molecule has 7 nitrogen and oxygen atoms in total. The number of carbonyl (C=O) groups excluding carboxylic acids is 1. The zero-order valence-corrected chi connectivity index (χ0v) is 10.00. The van der Waals surface area contributed by atoms with Gasteiger partial charge in [-0.25, -0.2) is 4.68 Å². The van der Waals surface area contributed by atoms with Crippen LogP contribution in [-0.4, -0.2) is 39.7 Å². The van der Waals surface area contributed by atoms with Crippen molar-refractivity contribution in [2.75, 3.05) is 18.9 Å². The van der Waals surface area contributed by atoms with Gasteiger partial charge in [0.15, 0.2) is 0 Å². The minimum atomic E-state index is -0.0143. The van der Waals surface area contributed by atoms with Gasteiger partial charge in [0.2, 0.25) is 5.91 Å². The summed E-state index contributed by atoms with van der Waals surface area (Å²) in [6, 6.07) is 7.30. The second-order valence-electron chi connectivity index (χ2n) is 3.70. The van der Waals surface area contributed by atoms with E-state index in [1.165, 1.54) is 6.33 Å². The number of anilines is 1. The number of nitrogens with zero attached hydrogens (tertiary/aromatic N) is 4. The monoisotopic (exact) mass is 246 g/mol. The van der Waals surface area contributed by atoms with Crippen LogP contribution in [-0.2, 0) is 4.79 Å². The highest BCUT2D eigenvalue weighted by atomic mass is 16.1. The van der Waals surface area contributed by atoms with Gasteiger partial charge in [-0.05, 0) is 41.7 Å². The number of aromatic nitrogens is 4. The largest absolute Gasteiger partial charge is 0.326 e. The summed E-state index contributed by atoms with van der Waals surface area (Å²) in [5, 5.41) is 16.6. The van der Waals surface area contributed by atoms with Gasteiger partial charge in [-0.2, -0.15) is 0 Å². The van der Waals surface area contributed by atoms with Gasteiger partial charge in [0, 0.05) is 18.7 Å². The predicted octanol–water partition coefficient (Wildman–Crippen LogP) is 0.210. The van der Waals surface area contributed by atoms with Gasteiger partial charge in [-0.1, -0.05) is 0 Å². The first kappa shape index (κ1) is 12.2. The Bertz CT molecular complexity index is 493. The molecular weight excluding hydrogens is 232 g/mol. The third kappa shape index (κ3) is 3.11. The molecule has 0 aliphatic rings. The fourth-order valence-electron chi connectivity index (χ4n) is 1.44. The Kier molecular flexibility index (Phi) is 3.98. The van der Waals surface area contributed by atoms with Crippen molar-refractivity contribution >= 4 is 11.6 Å². The number of tetrazole rings is 1. The molecule has 0 saturated heterocycles. The van der Waals surface area contributed by atoms with Gasteiger partial charge in [-0.3, -0.25) is 4.79 Å². The Morgan fingerprint density at radius 2 is 2.11 bits per heavy atom. The van der Waals surface area contributed by atoms with Gasteiger partial charge in [0.1, 0.15) is 6.33 Å². The summed E-state index contributed by atoms with van der Waals surface area (Å²) in [4.78, 5) is 11.5. The van der Waals surface area contributed by atoms with E-state index < -0.39 is 0 Å². The molecule has 0 spiro atoms. The lowest BCUT2D eigenvalue weighted by atomic mass is 10.2. The summed E-state index contributed by atoms with van der Waals surface area (Å²) in [6.07, 6.45) is 1.96. The van der Waals surface area contributed by atoms with Crippen molar-refractivity contribution in [3.8, 4) is 5.69 Å². The second-order valence-corrected chi connectivity index (χ2v) is 3.70. The van der Waals surface area contributed by atoms with Crippen molar-refractivity contribution in [2.45, 2.75) is 6.42 Å². The van der Waals surface area contributed by atoms with Crippen molar-refractivity contribution in [1.82, 2.24) is 25.5 Å². The topological polar surface area (TPSA) is 84.7 Å². The van der Waals surface area contributed by atoms with Crippen LogP contribution in [0.25, 0.3) is 5.69 Å². The quantitative estimate of drug-likeness (QED) is 0.787. The van der Waals surface area contributed by atoms with E-state index in [-0.39, 0.29) is 5.91 Å². The van der Waals surface area contributed by atoms with E-state index in [4.69, 9.17) is 0 Å². The molecule has 2 rings (SSSR count). The average molecular weight is 246 g/mol. The number of carbonyl (C=O) groups is 1. The molecule has 7 heteroatoms. The molecule has 2 N–H and O–H groups in total. The van der Waals surface area contributed by atoms with Crippen LogP contribution in [0.15, 0.2) is 30.6 Å². The minimum Gasteiger partial charge on any atom is -0.326 e. The highest BCUT2D eigenvalue weighted by molar-refractivity contribution is 5.90. The molecule has 1 aromatic carbocycles. The Morgan fingerprint density at radius 3 is 2.72 bits per heavy atom. The van der Waals surface area contributed by atoms with E-state index in [0.717, 1.165) is 11.4 Å². The van der Waals surface area contributed by atoms with Crippen molar-refractivity contribution < 1.29 is 4.79 Å². The van der Waals surface area contributed by atoms with Crippen LogP contribution in [0.4, 0.5) is 5.69 Å². The molecule has 0 aliphatic carbocycles. The van der Waals surface area contributed by atoms with Crippen molar-refractivity contribution in [2.24, 2.45) is 0 Å². The standard InChI is InChI=1S/C11H14N6O/c1-12-7-6-11(18)14-9-2-4-10(5-3-9)17-8-13-15-16-17/h2-5,8,12H,6-7H2,1H3,(H,14,18). The van der Waals surface area contributed by atoms with Crippen LogP contribution < -0.4 is 10.6 Å². The summed E-state index contributed by atoms with van der Waals surface area (Å²) < 4.78 is 1.55. The minimum absolute atomic E-state index is 0.0143. The van der Waals surface area contributed by atoms with Crippen LogP contribution in [0.2, 0.25) is 0 Å². The third-order valence-corrected chi connectivity index (χ3v) is 2.37. The summed E-state index contributed by atoms with van der Waals surface area (Å²) >= 11 is 0. The van der Waals surface area contributed by atoms with Crippen molar-refractivity contribution in [3.05, 3.63) is 30.6 Å². The highest BCUT2D eigenvalue weighted by Crippen LogP contribution is 2.11. The number of nitrogens with one attached hydrogen (secondary N) is 2. The van der Waals surface area contributed by atoms with Crippen LogP contribution in [0, 0.1) is 0 Å². The predicted molar refractivity (Wildman–Crippen MR) is 66.3 cm³/mol. The number of rotatable bonds is 5. The first-order valence-electron chi connectivity index (χ1n) is 5.57. The van der Waals surface area contributed by atoms with Gasteiger partial charge in [-0.15, -0.1) is 5.10 Å². The molecule has 0 radical (unpaired) electrons. The maximum Gasteiger partial charge on any atom is 0.225 e. The van der Waals surface area contributed by atoms with Crippen LogP contribution in [0.1, 0.15) is 6.42 Å². The van der Waals surface area contributed by atoms with E-state index in [9.17, 15) is 4.79 Å². The summed E-state index contributed by atoms with van der Waals surface area (Å²) in [5.41, 5.74) is 1.60. The number of hydrogen-bond donors (Lipinski definition) is 2. The Hall–Kier alpha value is -2.28. The van der Waals surface area contributed by atoms with Crippen molar-refractivity contribution in [1.29, 1.82) is 0 Å². The first-order chi connectivity index (χ1) is 8.79. The summed E-state index contributed by atoms with van der Waals surface area (Å²) in [6.45, 7) is 0.661. The molecule has 1 aromatic heterocycles. The molecule has 0 atom stereocenters. The van der Waals surface area contributed by atoms with E-state index in [1.54, 1.807) is 4.68 Å². The zero-order valence-electron chi connectivity index (χ0n) is 10.00. The zero-order chi connectivity index (χ0) is 12.8. The molecule has 94 valence electrons. The number of amides is 1. The summed E-state index contributed by atoms with van der Waals surface area (Å²) in [7, 11) is 1.81. The first-order valence-corrected chi connectivity index (χ1v) is 5.57. The van der Waals surface area contributed by atoms with E-state index in [1.807, 2.05) is 31.3 Å². The van der Waals surface area contributed by atoms with Gasteiger partial charge in [0.25, 0.3) is 0 Å². The maximum absolute atomic E-state index is 11.5. The molecule has 2 aromatic rings. The van der Waals surface area contributed by atoms with Crippen molar-refractivity contribution in [3.63, 3.8) is 0 Å². The lowest BCUT2D eigenvalue weighted by Gasteiger charge is -2.06. The number of benzene rings is 1. The molecule has 18 heavy (non-hydrogen) atoms. The van der Waals surface area contributed by atoms with E-state index in [2.05, 4.69) is 26.2 Å². The molecule has 0 unspecified atom stereocenters. The second kappa shape index (κ2) is 5.87. The lowest BCUT2D eigenvalue weighted by molar-refractivity contribution is -0.116. The normalized spacial score (nSPS) is 10.3. The fourth-order valence-corrected chi connectivity index (χ4v) is 1.44. The molecule has 0 fully saturated rings. The third-order valence-electron chi connectivity index (χ3n) is 2.37. The Balaban J connectivity index is 1.98. The molecular formula is C11H14N6O. The fraction of sp³-hybridized carbons (Fsp3) is 0.273. The lowest BCUT2D eigenvalue weighted by Crippen LogP contribution is -2.18. The average Bonchev–Trinajstić information content (AvgIpc) is 2.91. The molecule has 1 amide bonds. The molecule has 0 saturated carbocycles. The van der Waals surface area contributed by atoms with Crippen LogP contribution in [0.5, 0.6) is 0 Å². The Labute approximate surface area is 104 Å². The van der Waals surface area contributed by atoms with E-state index >= 15 is 0 Å². The maximum atomic E-state index is 11.5.